The summed E-state index contributed by atoms with van der Waals surface area (Å²) < 4.78 is 5.17. The first-order valence-electron chi connectivity index (χ1n) is 5.62. The number of H-pyrrole nitrogens is 1. The van der Waals surface area contributed by atoms with E-state index in [-0.39, 0.29) is 0 Å². The van der Waals surface area contributed by atoms with Gasteiger partial charge in [-0.2, -0.15) is 10.2 Å². The molecule has 1 aromatic carbocycles. The highest BCUT2D eigenvalue weighted by atomic mass is 32.2. The molecule has 0 atom stereocenters. The van der Waals surface area contributed by atoms with Crippen molar-refractivity contribution in [3.63, 3.8) is 0 Å². The molecule has 2 heterocycles. The Balaban J connectivity index is 1.60. The Morgan fingerprint density at radius 2 is 2.11 bits per heavy atom. The second kappa shape index (κ2) is 5.61. The number of hydrogen-bond donors (Lipinski definition) is 1. The molecule has 0 unspecified atom stereocenters. The van der Waals surface area contributed by atoms with Gasteiger partial charge in [0.05, 0.1) is 5.75 Å². The molecule has 0 aliphatic heterocycles. The lowest BCUT2D eigenvalue weighted by molar-refractivity contribution is 0.385. The van der Waals surface area contributed by atoms with Gasteiger partial charge in [0.25, 0.3) is 0 Å². The molecule has 3 aromatic rings. The summed E-state index contributed by atoms with van der Waals surface area (Å²) in [5.41, 5.74) is 1.15. The summed E-state index contributed by atoms with van der Waals surface area (Å²) in [4.78, 5) is 4.32. The van der Waals surface area contributed by atoms with E-state index in [2.05, 4.69) is 30.8 Å². The Kier molecular flexibility index (Phi) is 3.50. The van der Waals surface area contributed by atoms with Crippen LogP contribution in [0, 0.1) is 0 Å². The lowest BCUT2D eigenvalue weighted by atomic mass is 10.1. The topological polar surface area (TPSA) is 93.4 Å². The van der Waals surface area contributed by atoms with Crippen molar-refractivity contribution in [3.8, 4) is 0 Å². The van der Waals surface area contributed by atoms with E-state index in [0.717, 1.165) is 5.56 Å². The maximum Gasteiger partial charge on any atom is 0.237 e. The van der Waals surface area contributed by atoms with Crippen LogP contribution in [0.2, 0.25) is 0 Å². The first-order chi connectivity index (χ1) is 9.40. The molecular weight excluding hydrogens is 264 g/mol. The first kappa shape index (κ1) is 11.8. The molecule has 0 spiro atoms. The van der Waals surface area contributed by atoms with Crippen molar-refractivity contribution < 1.29 is 4.52 Å². The van der Waals surface area contributed by atoms with Gasteiger partial charge in [0.15, 0.2) is 5.82 Å². The van der Waals surface area contributed by atoms with Crippen LogP contribution in [-0.2, 0) is 12.2 Å². The maximum absolute atomic E-state index is 5.17. The molecule has 7 nitrogen and oxygen atoms in total. The lowest BCUT2D eigenvalue weighted by Gasteiger charge is -1.93. The van der Waals surface area contributed by atoms with Crippen LogP contribution in [-0.4, -0.2) is 30.8 Å². The van der Waals surface area contributed by atoms with Crippen molar-refractivity contribution in [1.29, 1.82) is 0 Å². The number of aromatic amines is 1. The van der Waals surface area contributed by atoms with Crippen LogP contribution in [0.5, 0.6) is 0 Å². The molecule has 96 valence electrons. The molecule has 1 N–H and O–H groups in total. The van der Waals surface area contributed by atoms with E-state index in [1.807, 2.05) is 30.3 Å². The SMILES string of the molecule is c1ccc(Cc2noc(CSc3nn[nH]n3)n2)cc1. The van der Waals surface area contributed by atoms with Gasteiger partial charge in [-0.25, -0.2) is 0 Å². The molecule has 0 amide bonds. The highest BCUT2D eigenvalue weighted by Crippen LogP contribution is 2.17. The van der Waals surface area contributed by atoms with Crippen molar-refractivity contribution >= 4 is 11.8 Å². The second-order valence-electron chi connectivity index (χ2n) is 3.75. The number of hydrogen-bond acceptors (Lipinski definition) is 7. The molecule has 0 aliphatic carbocycles. The van der Waals surface area contributed by atoms with Gasteiger partial charge < -0.3 is 4.52 Å². The molecule has 0 radical (unpaired) electrons. The monoisotopic (exact) mass is 274 g/mol. The highest BCUT2D eigenvalue weighted by Gasteiger charge is 2.09. The van der Waals surface area contributed by atoms with Crippen molar-refractivity contribution in [1.82, 2.24) is 30.8 Å². The summed E-state index contributed by atoms with van der Waals surface area (Å²) in [5, 5.41) is 18.0. The van der Waals surface area contributed by atoms with Crippen LogP contribution in [0.3, 0.4) is 0 Å². The Labute approximate surface area is 112 Å². The van der Waals surface area contributed by atoms with Gasteiger partial charge in [0, 0.05) is 6.42 Å². The van der Waals surface area contributed by atoms with Crippen molar-refractivity contribution in [2.75, 3.05) is 0 Å². The van der Waals surface area contributed by atoms with E-state index in [4.69, 9.17) is 4.52 Å². The fraction of sp³-hybridized carbons (Fsp3) is 0.182. The van der Waals surface area contributed by atoms with Crippen LogP contribution in [0.25, 0.3) is 0 Å². The molecule has 0 bridgehead atoms. The predicted octanol–water partition coefficient (Wildman–Crippen LogP) is 1.47. The number of aromatic nitrogens is 6. The van der Waals surface area contributed by atoms with Gasteiger partial charge in [-0.15, -0.1) is 10.2 Å². The summed E-state index contributed by atoms with van der Waals surface area (Å²) in [6, 6.07) is 10.0. The maximum atomic E-state index is 5.17. The Morgan fingerprint density at radius 3 is 2.89 bits per heavy atom. The third kappa shape index (κ3) is 3.16. The fourth-order valence-corrected chi connectivity index (χ4v) is 2.11. The molecule has 3 rings (SSSR count). The van der Waals surface area contributed by atoms with Crippen molar-refractivity contribution in [2.24, 2.45) is 0 Å². The van der Waals surface area contributed by atoms with Crippen molar-refractivity contribution in [3.05, 3.63) is 47.6 Å². The van der Waals surface area contributed by atoms with Gasteiger partial charge in [-0.1, -0.05) is 47.3 Å². The quantitative estimate of drug-likeness (QED) is 0.704. The molecule has 0 saturated carbocycles. The Bertz CT molecular complexity index is 624. The summed E-state index contributed by atoms with van der Waals surface area (Å²) in [6.07, 6.45) is 0.664. The Hall–Kier alpha value is -2.22. The summed E-state index contributed by atoms with van der Waals surface area (Å²) in [6.45, 7) is 0. The van der Waals surface area contributed by atoms with E-state index in [1.165, 1.54) is 11.8 Å². The van der Waals surface area contributed by atoms with E-state index in [1.54, 1.807) is 0 Å². The molecular formula is C11H10N6OS. The largest absolute Gasteiger partial charge is 0.338 e. The minimum Gasteiger partial charge on any atom is -0.338 e. The van der Waals surface area contributed by atoms with Crippen LogP contribution in [0.1, 0.15) is 17.3 Å². The fourth-order valence-electron chi connectivity index (χ4n) is 1.54. The standard InChI is InChI=1S/C11H10N6OS/c1-2-4-8(5-3-1)6-9-12-10(18-15-9)7-19-11-13-16-17-14-11/h1-5H,6-7H2,(H,13,14,16,17). The Morgan fingerprint density at radius 1 is 1.21 bits per heavy atom. The molecule has 0 aliphatic rings. The lowest BCUT2D eigenvalue weighted by Crippen LogP contribution is -1.90. The third-order valence-corrected chi connectivity index (χ3v) is 3.19. The number of rotatable bonds is 5. The van der Waals surface area contributed by atoms with E-state index in [0.29, 0.717) is 29.0 Å². The number of tetrazole rings is 1. The summed E-state index contributed by atoms with van der Waals surface area (Å²) in [5.74, 6) is 1.76. The van der Waals surface area contributed by atoms with Gasteiger partial charge in [0.1, 0.15) is 0 Å². The predicted molar refractivity (Wildman–Crippen MR) is 67.3 cm³/mol. The minimum absolute atomic E-state index is 0.529. The second-order valence-corrected chi connectivity index (χ2v) is 4.69. The minimum atomic E-state index is 0.529. The third-order valence-electron chi connectivity index (χ3n) is 2.37. The zero-order valence-electron chi connectivity index (χ0n) is 9.85. The number of thioether (sulfide) groups is 1. The van der Waals surface area contributed by atoms with E-state index >= 15 is 0 Å². The normalized spacial score (nSPS) is 10.7. The number of benzene rings is 1. The number of nitrogens with zero attached hydrogens (tertiary/aromatic N) is 5. The highest BCUT2D eigenvalue weighted by molar-refractivity contribution is 7.98. The van der Waals surface area contributed by atoms with Gasteiger partial charge in [0.2, 0.25) is 11.0 Å². The summed E-state index contributed by atoms with van der Waals surface area (Å²) >= 11 is 1.39. The average Bonchev–Trinajstić information content (AvgIpc) is 3.09. The van der Waals surface area contributed by atoms with E-state index < -0.39 is 0 Å². The van der Waals surface area contributed by atoms with Gasteiger partial charge in [-0.05, 0) is 10.8 Å². The smallest absolute Gasteiger partial charge is 0.237 e. The van der Waals surface area contributed by atoms with Crippen LogP contribution < -0.4 is 0 Å². The summed E-state index contributed by atoms with van der Waals surface area (Å²) in [7, 11) is 0. The molecule has 8 heteroatoms. The zero-order valence-corrected chi connectivity index (χ0v) is 10.7. The van der Waals surface area contributed by atoms with Crippen LogP contribution >= 0.6 is 11.8 Å². The van der Waals surface area contributed by atoms with Gasteiger partial charge >= 0.3 is 0 Å². The van der Waals surface area contributed by atoms with E-state index in [9.17, 15) is 0 Å². The first-order valence-corrected chi connectivity index (χ1v) is 6.60. The zero-order chi connectivity index (χ0) is 12.9. The van der Waals surface area contributed by atoms with Gasteiger partial charge in [-0.3, -0.25) is 0 Å². The molecule has 0 fully saturated rings. The van der Waals surface area contributed by atoms with Crippen LogP contribution in [0.4, 0.5) is 0 Å². The molecule has 19 heavy (non-hydrogen) atoms. The molecule has 0 saturated heterocycles. The number of nitrogens with one attached hydrogen (secondary N) is 1. The van der Waals surface area contributed by atoms with Crippen molar-refractivity contribution in [2.45, 2.75) is 17.3 Å². The average molecular weight is 274 g/mol. The molecule has 2 aromatic heterocycles. The van der Waals surface area contributed by atoms with Crippen LogP contribution in [0.15, 0.2) is 40.0 Å².